The third kappa shape index (κ3) is 3.87. The number of nitrogens with zero attached hydrogens (tertiary/aromatic N) is 1. The topological polar surface area (TPSA) is 59.1 Å². The number of methoxy groups -OCH3 is 1. The summed E-state index contributed by atoms with van der Waals surface area (Å²) in [7, 11) is 1.59. The number of carbonyl (C=O) groups excluding carboxylic acids is 1. The smallest absolute Gasteiger partial charge is 0.279 e. The number of fused-ring (bicyclic) bond motifs is 3. The second-order valence-electron chi connectivity index (χ2n) is 8.06. The minimum atomic E-state index is -0.207. The molecular weight excluding hydrogens is 409 g/mol. The van der Waals surface area contributed by atoms with Gasteiger partial charge in [-0.15, -0.1) is 0 Å². The number of rotatable bonds is 5. The number of anilines is 2. The van der Waals surface area contributed by atoms with Crippen LogP contribution in [-0.4, -0.2) is 45.7 Å². The molecule has 1 amide bonds. The Morgan fingerprint density at radius 2 is 1.81 bits per heavy atom. The van der Waals surface area contributed by atoms with Crippen LogP contribution in [0.3, 0.4) is 0 Å². The Hall–Kier alpha value is -3.58. The van der Waals surface area contributed by atoms with E-state index in [1.165, 1.54) is 11.0 Å². The molecule has 0 spiro atoms. The summed E-state index contributed by atoms with van der Waals surface area (Å²) in [6.45, 7) is 3.28. The molecule has 1 aliphatic rings. The van der Waals surface area contributed by atoms with Crippen molar-refractivity contribution in [1.82, 2.24) is 0 Å². The van der Waals surface area contributed by atoms with E-state index in [0.717, 1.165) is 29.4 Å². The van der Waals surface area contributed by atoms with Gasteiger partial charge in [-0.25, -0.2) is 4.39 Å². The average Bonchev–Trinajstić information content (AvgIpc) is 3.17. The first-order chi connectivity index (χ1) is 15.6. The largest absolute Gasteiger partial charge is 0.495 e. The van der Waals surface area contributed by atoms with Crippen molar-refractivity contribution in [3.8, 4) is 5.75 Å². The molecule has 5 rings (SSSR count). The molecule has 0 bridgehead atoms. The van der Waals surface area contributed by atoms with Gasteiger partial charge in [0.25, 0.3) is 5.91 Å². The molecular formula is C25H25FN3O3+. The number of ether oxygens (including phenoxy) is 1. The first-order valence-electron chi connectivity index (χ1n) is 10.7. The maximum atomic E-state index is 14.0. The van der Waals surface area contributed by atoms with Gasteiger partial charge in [-0.1, -0.05) is 30.3 Å². The lowest BCUT2D eigenvalue weighted by atomic mass is 10.1. The molecule has 3 aromatic carbocycles. The fraction of sp³-hybridized carbons (Fsp3) is 0.240. The Kier molecular flexibility index (Phi) is 5.41. The Labute approximate surface area is 185 Å². The maximum Gasteiger partial charge on any atom is 0.279 e. The van der Waals surface area contributed by atoms with Crippen molar-refractivity contribution in [2.24, 2.45) is 0 Å². The zero-order valence-corrected chi connectivity index (χ0v) is 17.9. The molecule has 0 aliphatic carbocycles. The highest BCUT2D eigenvalue weighted by atomic mass is 19.1. The monoisotopic (exact) mass is 434 g/mol. The predicted molar refractivity (Wildman–Crippen MR) is 123 cm³/mol. The molecule has 4 aromatic rings. The zero-order chi connectivity index (χ0) is 22.1. The van der Waals surface area contributed by atoms with Crippen LogP contribution in [0.2, 0.25) is 0 Å². The molecule has 1 aromatic heterocycles. The van der Waals surface area contributed by atoms with E-state index in [4.69, 9.17) is 9.15 Å². The van der Waals surface area contributed by atoms with E-state index in [2.05, 4.69) is 5.32 Å². The van der Waals surface area contributed by atoms with Crippen molar-refractivity contribution < 1.29 is 23.2 Å². The quantitative estimate of drug-likeness (QED) is 0.507. The Bertz CT molecular complexity index is 1280. The summed E-state index contributed by atoms with van der Waals surface area (Å²) in [4.78, 5) is 16.0. The number of nitrogens with one attached hydrogen (secondary N) is 2. The highest BCUT2D eigenvalue weighted by Gasteiger charge is 2.24. The van der Waals surface area contributed by atoms with Crippen LogP contribution in [0.25, 0.3) is 21.9 Å². The molecule has 2 heterocycles. The van der Waals surface area contributed by atoms with Crippen LogP contribution in [0.4, 0.5) is 15.8 Å². The van der Waals surface area contributed by atoms with Crippen LogP contribution in [0.15, 0.2) is 65.1 Å². The van der Waals surface area contributed by atoms with E-state index in [1.807, 2.05) is 47.4 Å². The van der Waals surface area contributed by atoms with Gasteiger partial charge in [0.2, 0.25) is 0 Å². The number of halogens is 1. The van der Waals surface area contributed by atoms with Gasteiger partial charge in [-0.2, -0.15) is 0 Å². The van der Waals surface area contributed by atoms with Gasteiger partial charge in [0.1, 0.15) is 22.7 Å². The SMILES string of the molecule is COc1cc2c(cc1NC(=O)C[NH+]1CCN(c3ccccc3F)CC1)oc1ccccc12. The van der Waals surface area contributed by atoms with E-state index < -0.39 is 0 Å². The number of piperazine rings is 1. The minimum absolute atomic E-state index is 0.0897. The van der Waals surface area contributed by atoms with Crippen molar-refractivity contribution in [3.63, 3.8) is 0 Å². The van der Waals surface area contributed by atoms with Crippen LogP contribution in [0.5, 0.6) is 5.75 Å². The van der Waals surface area contributed by atoms with Crippen LogP contribution in [-0.2, 0) is 4.79 Å². The summed E-state index contributed by atoms with van der Waals surface area (Å²) in [5, 5.41) is 4.94. The Balaban J connectivity index is 1.26. The normalized spacial score (nSPS) is 14.8. The zero-order valence-electron chi connectivity index (χ0n) is 17.9. The summed E-state index contributed by atoms with van der Waals surface area (Å²) in [5.41, 5.74) is 2.71. The molecule has 1 aliphatic heterocycles. The molecule has 0 unspecified atom stereocenters. The van der Waals surface area contributed by atoms with E-state index >= 15 is 0 Å². The first kappa shape index (κ1) is 20.3. The number of hydrogen-bond donors (Lipinski definition) is 2. The van der Waals surface area contributed by atoms with Gasteiger partial charge < -0.3 is 24.3 Å². The Morgan fingerprint density at radius 1 is 1.06 bits per heavy atom. The molecule has 0 radical (unpaired) electrons. The van der Waals surface area contributed by atoms with Gasteiger partial charge in [-0.05, 0) is 24.3 Å². The predicted octanol–water partition coefficient (Wildman–Crippen LogP) is 3.08. The van der Waals surface area contributed by atoms with E-state index in [-0.39, 0.29) is 11.7 Å². The highest BCUT2D eigenvalue weighted by molar-refractivity contribution is 6.07. The van der Waals surface area contributed by atoms with E-state index in [9.17, 15) is 9.18 Å². The van der Waals surface area contributed by atoms with Crippen LogP contribution in [0, 0.1) is 5.82 Å². The molecule has 2 N–H and O–H groups in total. The summed E-state index contributed by atoms with van der Waals surface area (Å²) < 4.78 is 25.5. The molecule has 1 saturated heterocycles. The lowest BCUT2D eigenvalue weighted by Gasteiger charge is -2.33. The minimum Gasteiger partial charge on any atom is -0.495 e. The number of quaternary nitrogens is 1. The average molecular weight is 434 g/mol. The summed E-state index contributed by atoms with van der Waals surface area (Å²) >= 11 is 0. The molecule has 164 valence electrons. The van der Waals surface area contributed by atoms with Crippen molar-refractivity contribution >= 4 is 39.2 Å². The van der Waals surface area contributed by atoms with Crippen LogP contribution in [0.1, 0.15) is 0 Å². The summed E-state index contributed by atoms with van der Waals surface area (Å²) in [6.07, 6.45) is 0. The van der Waals surface area contributed by atoms with Gasteiger partial charge in [0.05, 0.1) is 44.7 Å². The van der Waals surface area contributed by atoms with Crippen molar-refractivity contribution in [2.45, 2.75) is 0 Å². The van der Waals surface area contributed by atoms with Gasteiger partial charge in [0, 0.05) is 16.8 Å². The molecule has 7 heteroatoms. The Morgan fingerprint density at radius 3 is 2.59 bits per heavy atom. The second-order valence-corrected chi connectivity index (χ2v) is 8.06. The summed E-state index contributed by atoms with van der Waals surface area (Å²) in [6, 6.07) is 18.4. The third-order valence-electron chi connectivity index (χ3n) is 6.05. The molecule has 32 heavy (non-hydrogen) atoms. The first-order valence-corrected chi connectivity index (χ1v) is 10.7. The number of amides is 1. The third-order valence-corrected chi connectivity index (χ3v) is 6.05. The molecule has 0 atom stereocenters. The van der Waals surface area contributed by atoms with Gasteiger partial charge in [0.15, 0.2) is 6.54 Å². The molecule has 1 fully saturated rings. The number of benzene rings is 3. The highest BCUT2D eigenvalue weighted by Crippen LogP contribution is 2.36. The fourth-order valence-corrected chi connectivity index (χ4v) is 4.39. The number of furan rings is 1. The number of para-hydroxylation sites is 2. The van der Waals surface area contributed by atoms with Gasteiger partial charge in [-0.3, -0.25) is 4.79 Å². The lowest BCUT2D eigenvalue weighted by molar-refractivity contribution is -0.892. The van der Waals surface area contributed by atoms with Crippen LogP contribution >= 0.6 is 0 Å². The lowest BCUT2D eigenvalue weighted by Crippen LogP contribution is -3.15. The maximum absolute atomic E-state index is 14.0. The van der Waals surface area contributed by atoms with E-state index in [1.54, 1.807) is 19.2 Å². The number of carbonyl (C=O) groups is 1. The van der Waals surface area contributed by atoms with E-state index in [0.29, 0.717) is 42.3 Å². The van der Waals surface area contributed by atoms with Crippen molar-refractivity contribution in [3.05, 3.63) is 66.5 Å². The van der Waals surface area contributed by atoms with Crippen molar-refractivity contribution in [1.29, 1.82) is 0 Å². The standard InChI is InChI=1S/C25H24FN3O3/c1-31-24-14-18-17-6-2-5-9-22(17)32-23(18)15-20(24)27-25(30)16-28-10-12-29(13-11-28)21-8-4-3-7-19(21)26/h2-9,14-15H,10-13,16H2,1H3,(H,27,30)/p+1. The van der Waals surface area contributed by atoms with Crippen molar-refractivity contribution in [2.75, 3.05) is 50.1 Å². The van der Waals surface area contributed by atoms with Crippen LogP contribution < -0.4 is 19.9 Å². The number of hydrogen-bond acceptors (Lipinski definition) is 4. The molecule has 6 nitrogen and oxygen atoms in total. The fourth-order valence-electron chi connectivity index (χ4n) is 4.39. The second kappa shape index (κ2) is 8.51. The molecule has 0 saturated carbocycles. The summed E-state index contributed by atoms with van der Waals surface area (Å²) in [5.74, 6) is 0.298. The van der Waals surface area contributed by atoms with Gasteiger partial charge >= 0.3 is 0 Å².